The summed E-state index contributed by atoms with van der Waals surface area (Å²) in [6, 6.07) is 17.0. The van der Waals surface area contributed by atoms with Crippen LogP contribution in [0.1, 0.15) is 10.4 Å². The lowest BCUT2D eigenvalue weighted by Gasteiger charge is -2.13. The van der Waals surface area contributed by atoms with E-state index in [4.69, 9.17) is 11.6 Å². The molecule has 0 saturated heterocycles. The molecule has 0 atom stereocenters. The number of sulfonamides is 1. The zero-order chi connectivity index (χ0) is 21.0. The largest absolute Gasteiger partial charge is 0.322 e. The van der Waals surface area contributed by atoms with Gasteiger partial charge in [-0.05, 0) is 42.5 Å². The van der Waals surface area contributed by atoms with E-state index in [2.05, 4.69) is 10.0 Å². The molecule has 0 bridgehead atoms. The molecule has 10 heteroatoms. The Morgan fingerprint density at radius 1 is 0.966 bits per heavy atom. The number of carbonyl (C=O) groups excluding carboxylic acids is 1. The molecule has 2 N–H and O–H groups in total. The number of para-hydroxylation sites is 1. The molecule has 0 saturated carbocycles. The highest BCUT2D eigenvalue weighted by atomic mass is 35.5. The fourth-order valence-electron chi connectivity index (χ4n) is 2.49. The molecule has 0 aliphatic rings. The number of hydrogen-bond acceptors (Lipinski definition) is 5. The third kappa shape index (κ3) is 4.89. The van der Waals surface area contributed by atoms with E-state index in [1.165, 1.54) is 12.1 Å². The molecule has 0 spiro atoms. The minimum atomic E-state index is -4.07. The van der Waals surface area contributed by atoms with Crippen molar-refractivity contribution in [2.75, 3.05) is 10.0 Å². The number of rotatable bonds is 6. The van der Waals surface area contributed by atoms with Gasteiger partial charge in [0.2, 0.25) is 0 Å². The van der Waals surface area contributed by atoms with Gasteiger partial charge in [-0.25, -0.2) is 8.42 Å². The Hall–Kier alpha value is -3.43. The Morgan fingerprint density at radius 3 is 2.31 bits per heavy atom. The highest BCUT2D eigenvalue weighted by Crippen LogP contribution is 2.23. The smallest absolute Gasteiger partial charge is 0.269 e. The second-order valence-corrected chi connectivity index (χ2v) is 7.99. The number of nitrogens with zero attached hydrogens (tertiary/aromatic N) is 1. The molecule has 148 valence electrons. The van der Waals surface area contributed by atoms with Gasteiger partial charge in [-0.3, -0.25) is 19.6 Å². The lowest BCUT2D eigenvalue weighted by molar-refractivity contribution is -0.384. The summed E-state index contributed by atoms with van der Waals surface area (Å²) in [7, 11) is -4.07. The fraction of sp³-hybridized carbons (Fsp3) is 0. The van der Waals surface area contributed by atoms with Crippen molar-refractivity contribution in [1.82, 2.24) is 0 Å². The van der Waals surface area contributed by atoms with Crippen LogP contribution in [-0.2, 0) is 10.0 Å². The van der Waals surface area contributed by atoms with Crippen LogP contribution in [0.5, 0.6) is 0 Å². The molecule has 3 aromatic carbocycles. The van der Waals surface area contributed by atoms with E-state index in [1.54, 1.807) is 36.4 Å². The first-order chi connectivity index (χ1) is 13.8. The number of amides is 1. The summed E-state index contributed by atoms with van der Waals surface area (Å²) >= 11 is 5.91. The molecule has 8 nitrogen and oxygen atoms in total. The van der Waals surface area contributed by atoms with Gasteiger partial charge in [0.15, 0.2) is 0 Å². The molecule has 0 aliphatic carbocycles. The maximum atomic E-state index is 12.6. The SMILES string of the molecule is O=C(Nc1cccc(Cl)c1)c1ccccc1NS(=O)(=O)c1ccc([N+](=O)[O-])cc1. The maximum absolute atomic E-state index is 12.6. The van der Waals surface area contributed by atoms with Crippen LogP contribution in [0, 0.1) is 10.1 Å². The van der Waals surface area contributed by atoms with Crippen LogP contribution < -0.4 is 10.0 Å². The lowest BCUT2D eigenvalue weighted by Crippen LogP contribution is -2.18. The Bertz CT molecular complexity index is 1180. The Balaban J connectivity index is 1.86. The second kappa shape index (κ2) is 8.29. The van der Waals surface area contributed by atoms with Crippen molar-refractivity contribution in [3.05, 3.63) is 93.5 Å². The van der Waals surface area contributed by atoms with Crippen molar-refractivity contribution in [3.63, 3.8) is 0 Å². The van der Waals surface area contributed by atoms with Gasteiger partial charge < -0.3 is 5.32 Å². The topological polar surface area (TPSA) is 118 Å². The molecule has 3 rings (SSSR count). The van der Waals surface area contributed by atoms with Crippen LogP contribution in [0.15, 0.2) is 77.7 Å². The van der Waals surface area contributed by atoms with Crippen molar-refractivity contribution >= 4 is 44.6 Å². The predicted molar refractivity (Wildman–Crippen MR) is 110 cm³/mol. The van der Waals surface area contributed by atoms with Crippen LogP contribution in [-0.4, -0.2) is 19.2 Å². The van der Waals surface area contributed by atoms with Crippen molar-refractivity contribution in [2.24, 2.45) is 0 Å². The van der Waals surface area contributed by atoms with Gasteiger partial charge >= 0.3 is 0 Å². The van der Waals surface area contributed by atoms with Crippen LogP contribution in [0.25, 0.3) is 0 Å². The molecule has 3 aromatic rings. The minimum absolute atomic E-state index is 0.0605. The predicted octanol–water partition coefficient (Wildman–Crippen LogP) is 4.30. The first-order valence-corrected chi connectivity index (χ1v) is 10.1. The van der Waals surface area contributed by atoms with Gasteiger partial charge in [-0.15, -0.1) is 0 Å². The number of non-ortho nitro benzene ring substituents is 1. The fourth-order valence-corrected chi connectivity index (χ4v) is 3.76. The van der Waals surface area contributed by atoms with Gasteiger partial charge in [-0.1, -0.05) is 29.8 Å². The summed E-state index contributed by atoms with van der Waals surface area (Å²) in [5.74, 6) is -0.533. The zero-order valence-electron chi connectivity index (χ0n) is 14.7. The third-order valence-corrected chi connectivity index (χ3v) is 5.47. The standard InChI is InChI=1S/C19H14ClN3O5S/c20-13-4-3-5-14(12-13)21-19(24)17-6-1-2-7-18(17)22-29(27,28)16-10-8-15(9-11-16)23(25)26/h1-12,22H,(H,21,24). The number of hydrogen-bond donors (Lipinski definition) is 2. The van der Waals surface area contributed by atoms with Crippen molar-refractivity contribution in [2.45, 2.75) is 4.90 Å². The first kappa shape index (κ1) is 20.3. The van der Waals surface area contributed by atoms with Crippen LogP contribution in [0.4, 0.5) is 17.1 Å². The summed E-state index contributed by atoms with van der Waals surface area (Å²) in [5, 5.41) is 13.8. The quantitative estimate of drug-likeness (QED) is 0.445. The number of halogens is 1. The molecule has 0 radical (unpaired) electrons. The molecule has 0 aliphatic heterocycles. The maximum Gasteiger partial charge on any atom is 0.269 e. The van der Waals surface area contributed by atoms with Gasteiger partial charge in [0.1, 0.15) is 0 Å². The van der Waals surface area contributed by atoms with Crippen LogP contribution in [0.3, 0.4) is 0 Å². The highest BCUT2D eigenvalue weighted by Gasteiger charge is 2.19. The van der Waals surface area contributed by atoms with E-state index < -0.39 is 20.9 Å². The zero-order valence-corrected chi connectivity index (χ0v) is 16.3. The molecule has 0 fully saturated rings. The number of carbonyl (C=O) groups is 1. The number of nitro groups is 1. The average Bonchev–Trinajstić information content (AvgIpc) is 2.68. The van der Waals surface area contributed by atoms with Crippen molar-refractivity contribution in [3.8, 4) is 0 Å². The van der Waals surface area contributed by atoms with E-state index >= 15 is 0 Å². The molecular formula is C19H14ClN3O5S. The van der Waals surface area contributed by atoms with Gasteiger partial charge in [0.05, 0.1) is 21.1 Å². The summed E-state index contributed by atoms with van der Waals surface area (Å²) in [6.45, 7) is 0. The van der Waals surface area contributed by atoms with Gasteiger partial charge in [0.25, 0.3) is 21.6 Å². The molecular weight excluding hydrogens is 418 g/mol. The normalized spacial score (nSPS) is 10.9. The molecule has 0 unspecified atom stereocenters. The van der Waals surface area contributed by atoms with E-state index in [-0.39, 0.29) is 21.8 Å². The Kier molecular flexibility index (Phi) is 5.81. The van der Waals surface area contributed by atoms with Crippen LogP contribution >= 0.6 is 11.6 Å². The van der Waals surface area contributed by atoms with E-state index in [1.807, 2.05) is 0 Å². The van der Waals surface area contributed by atoms with Crippen molar-refractivity contribution in [1.29, 1.82) is 0 Å². The van der Waals surface area contributed by atoms with E-state index in [0.29, 0.717) is 10.7 Å². The minimum Gasteiger partial charge on any atom is -0.322 e. The number of anilines is 2. The second-order valence-electron chi connectivity index (χ2n) is 5.87. The Labute approximate surface area is 171 Å². The van der Waals surface area contributed by atoms with E-state index in [9.17, 15) is 23.3 Å². The van der Waals surface area contributed by atoms with Gasteiger partial charge in [-0.2, -0.15) is 0 Å². The molecule has 29 heavy (non-hydrogen) atoms. The number of benzene rings is 3. The summed E-state index contributed by atoms with van der Waals surface area (Å²) in [5.41, 5.74) is 0.379. The summed E-state index contributed by atoms with van der Waals surface area (Å²) < 4.78 is 27.6. The third-order valence-electron chi connectivity index (χ3n) is 3.86. The molecule has 0 aromatic heterocycles. The summed E-state index contributed by atoms with van der Waals surface area (Å²) in [6.07, 6.45) is 0. The highest BCUT2D eigenvalue weighted by molar-refractivity contribution is 7.92. The Morgan fingerprint density at radius 2 is 1.66 bits per heavy atom. The number of nitro benzene ring substituents is 1. The summed E-state index contributed by atoms with van der Waals surface area (Å²) in [4.78, 5) is 22.6. The first-order valence-electron chi connectivity index (χ1n) is 8.19. The average molecular weight is 432 g/mol. The van der Waals surface area contributed by atoms with Gasteiger partial charge in [0, 0.05) is 22.8 Å². The van der Waals surface area contributed by atoms with E-state index in [0.717, 1.165) is 24.3 Å². The monoisotopic (exact) mass is 431 g/mol. The van der Waals surface area contributed by atoms with Crippen LogP contribution in [0.2, 0.25) is 5.02 Å². The van der Waals surface area contributed by atoms with Crippen molar-refractivity contribution < 1.29 is 18.1 Å². The number of nitrogens with one attached hydrogen (secondary N) is 2. The lowest BCUT2D eigenvalue weighted by atomic mass is 10.1. The molecule has 1 amide bonds. The molecule has 0 heterocycles.